The molecular formula is C15H16F2O2. The van der Waals surface area contributed by atoms with Crippen LogP contribution in [-0.4, -0.2) is 5.11 Å². The van der Waals surface area contributed by atoms with Gasteiger partial charge in [0.1, 0.15) is 17.6 Å². The number of furan rings is 1. The van der Waals surface area contributed by atoms with Crippen molar-refractivity contribution in [3.63, 3.8) is 0 Å². The van der Waals surface area contributed by atoms with Gasteiger partial charge in [0.15, 0.2) is 11.6 Å². The zero-order valence-electron chi connectivity index (χ0n) is 11.3. The molecule has 102 valence electrons. The molecule has 1 atom stereocenters. The van der Waals surface area contributed by atoms with Crippen LogP contribution in [0.1, 0.15) is 39.9 Å². The van der Waals surface area contributed by atoms with E-state index in [1.54, 1.807) is 20.8 Å². The SMILES string of the molecule is Cc1ccc(C(O)c2c(C)oc(C)c2C)c(F)c1F. The van der Waals surface area contributed by atoms with Gasteiger partial charge in [0.25, 0.3) is 0 Å². The fraction of sp³-hybridized carbons (Fsp3) is 0.333. The summed E-state index contributed by atoms with van der Waals surface area (Å²) in [4.78, 5) is 0. The largest absolute Gasteiger partial charge is 0.466 e. The Morgan fingerprint density at radius 3 is 2.16 bits per heavy atom. The van der Waals surface area contributed by atoms with Crippen LogP contribution >= 0.6 is 0 Å². The lowest BCUT2D eigenvalue weighted by Gasteiger charge is -2.14. The number of benzene rings is 1. The number of hydrogen-bond donors (Lipinski definition) is 1. The smallest absolute Gasteiger partial charge is 0.165 e. The molecule has 0 saturated carbocycles. The molecule has 19 heavy (non-hydrogen) atoms. The van der Waals surface area contributed by atoms with Crippen LogP contribution in [0.15, 0.2) is 16.5 Å². The molecule has 0 radical (unpaired) electrons. The molecule has 4 heteroatoms. The highest BCUT2D eigenvalue weighted by Crippen LogP contribution is 2.33. The zero-order chi connectivity index (χ0) is 14.3. The summed E-state index contributed by atoms with van der Waals surface area (Å²) in [5, 5.41) is 10.3. The first-order valence-corrected chi connectivity index (χ1v) is 6.03. The van der Waals surface area contributed by atoms with Crippen molar-refractivity contribution in [2.45, 2.75) is 33.8 Å². The Balaban J connectivity index is 2.56. The lowest BCUT2D eigenvalue weighted by Crippen LogP contribution is -2.07. The molecule has 2 rings (SSSR count). The van der Waals surface area contributed by atoms with Crippen LogP contribution in [0.2, 0.25) is 0 Å². The standard InChI is InChI=1S/C15H16F2O2/c1-7-5-6-11(14(17)13(7)16)15(18)12-8(2)9(3)19-10(12)4/h5-6,15,18H,1-4H3. The first kappa shape index (κ1) is 13.7. The summed E-state index contributed by atoms with van der Waals surface area (Å²) < 4.78 is 32.9. The Bertz CT molecular complexity index is 630. The Morgan fingerprint density at radius 2 is 1.63 bits per heavy atom. The molecule has 0 amide bonds. The van der Waals surface area contributed by atoms with Crippen molar-refractivity contribution < 1.29 is 18.3 Å². The summed E-state index contributed by atoms with van der Waals surface area (Å²) >= 11 is 0. The van der Waals surface area contributed by atoms with Gasteiger partial charge in [0.2, 0.25) is 0 Å². The molecule has 0 spiro atoms. The minimum absolute atomic E-state index is 0.0740. The summed E-state index contributed by atoms with van der Waals surface area (Å²) in [6.45, 7) is 6.73. The third-order valence-electron chi connectivity index (χ3n) is 3.49. The van der Waals surface area contributed by atoms with Gasteiger partial charge in [0.05, 0.1) is 0 Å². The van der Waals surface area contributed by atoms with Crippen LogP contribution in [0, 0.1) is 39.3 Å². The average Bonchev–Trinajstić information content (AvgIpc) is 2.60. The van der Waals surface area contributed by atoms with E-state index in [1.807, 2.05) is 0 Å². The molecule has 0 aliphatic heterocycles. The number of aryl methyl sites for hydroxylation is 3. The van der Waals surface area contributed by atoms with Gasteiger partial charge in [0, 0.05) is 11.1 Å². The third kappa shape index (κ3) is 2.16. The first-order valence-electron chi connectivity index (χ1n) is 6.03. The summed E-state index contributed by atoms with van der Waals surface area (Å²) in [7, 11) is 0. The highest BCUT2D eigenvalue weighted by atomic mass is 19.2. The normalized spacial score (nSPS) is 12.8. The molecule has 0 aliphatic rings. The van der Waals surface area contributed by atoms with Gasteiger partial charge in [-0.2, -0.15) is 0 Å². The number of aliphatic hydroxyl groups is 1. The summed E-state index contributed by atoms with van der Waals surface area (Å²) in [5.74, 6) is -0.750. The van der Waals surface area contributed by atoms with Crippen molar-refractivity contribution >= 4 is 0 Å². The molecule has 0 bridgehead atoms. The van der Waals surface area contributed by atoms with E-state index >= 15 is 0 Å². The topological polar surface area (TPSA) is 33.4 Å². The van der Waals surface area contributed by atoms with Gasteiger partial charge in [-0.25, -0.2) is 8.78 Å². The molecule has 0 aliphatic carbocycles. The maximum absolute atomic E-state index is 13.9. The number of hydrogen-bond acceptors (Lipinski definition) is 2. The average molecular weight is 266 g/mol. The van der Waals surface area contributed by atoms with Crippen LogP contribution in [0.4, 0.5) is 8.78 Å². The first-order chi connectivity index (χ1) is 8.84. The lowest BCUT2D eigenvalue weighted by atomic mass is 9.96. The van der Waals surface area contributed by atoms with E-state index in [-0.39, 0.29) is 11.1 Å². The van der Waals surface area contributed by atoms with Crippen molar-refractivity contribution in [2.75, 3.05) is 0 Å². The molecule has 1 aromatic carbocycles. The fourth-order valence-corrected chi connectivity index (χ4v) is 2.24. The maximum Gasteiger partial charge on any atom is 0.165 e. The van der Waals surface area contributed by atoms with Gasteiger partial charge >= 0.3 is 0 Å². The fourth-order valence-electron chi connectivity index (χ4n) is 2.24. The van der Waals surface area contributed by atoms with Gasteiger partial charge in [-0.3, -0.25) is 0 Å². The van der Waals surface area contributed by atoms with Crippen molar-refractivity contribution in [3.05, 3.63) is 57.5 Å². The maximum atomic E-state index is 13.9. The molecule has 1 unspecified atom stereocenters. The van der Waals surface area contributed by atoms with Crippen LogP contribution < -0.4 is 0 Å². The third-order valence-corrected chi connectivity index (χ3v) is 3.49. The van der Waals surface area contributed by atoms with Gasteiger partial charge in [-0.1, -0.05) is 12.1 Å². The molecule has 2 nitrogen and oxygen atoms in total. The van der Waals surface area contributed by atoms with E-state index in [4.69, 9.17) is 4.42 Å². The van der Waals surface area contributed by atoms with E-state index in [1.165, 1.54) is 19.1 Å². The number of halogens is 2. The monoisotopic (exact) mass is 266 g/mol. The Hall–Kier alpha value is -1.68. The van der Waals surface area contributed by atoms with Crippen molar-refractivity contribution in [3.8, 4) is 0 Å². The van der Waals surface area contributed by atoms with Crippen LogP contribution in [0.3, 0.4) is 0 Å². The van der Waals surface area contributed by atoms with E-state index < -0.39 is 17.7 Å². The molecule has 2 aromatic rings. The van der Waals surface area contributed by atoms with Crippen molar-refractivity contribution in [1.82, 2.24) is 0 Å². The predicted octanol–water partition coefficient (Wildman–Crippen LogP) is 3.87. The van der Waals surface area contributed by atoms with Crippen LogP contribution in [-0.2, 0) is 0 Å². The van der Waals surface area contributed by atoms with E-state index in [2.05, 4.69) is 0 Å². The second kappa shape index (κ2) is 4.78. The van der Waals surface area contributed by atoms with E-state index in [0.29, 0.717) is 17.1 Å². The van der Waals surface area contributed by atoms with Crippen LogP contribution in [0.5, 0.6) is 0 Å². The van der Waals surface area contributed by atoms with Gasteiger partial charge in [-0.05, 0) is 38.8 Å². The molecule has 0 fully saturated rings. The second-order valence-corrected chi connectivity index (χ2v) is 4.76. The molecule has 1 N–H and O–H groups in total. The summed E-state index contributed by atoms with van der Waals surface area (Å²) in [5.41, 5.74) is 1.39. The van der Waals surface area contributed by atoms with Crippen molar-refractivity contribution in [2.24, 2.45) is 0 Å². The minimum atomic E-state index is -1.23. The predicted molar refractivity (Wildman–Crippen MR) is 68.1 cm³/mol. The van der Waals surface area contributed by atoms with Crippen LogP contribution in [0.25, 0.3) is 0 Å². The highest BCUT2D eigenvalue weighted by Gasteiger charge is 2.24. The summed E-state index contributed by atoms with van der Waals surface area (Å²) in [6, 6.07) is 2.86. The molecular weight excluding hydrogens is 250 g/mol. The Kier molecular flexibility index (Phi) is 3.45. The van der Waals surface area contributed by atoms with E-state index in [9.17, 15) is 13.9 Å². The number of aliphatic hydroxyl groups excluding tert-OH is 1. The van der Waals surface area contributed by atoms with Gasteiger partial charge < -0.3 is 9.52 Å². The summed E-state index contributed by atoms with van der Waals surface area (Å²) in [6.07, 6.45) is -1.23. The number of rotatable bonds is 2. The van der Waals surface area contributed by atoms with Gasteiger partial charge in [-0.15, -0.1) is 0 Å². The highest BCUT2D eigenvalue weighted by molar-refractivity contribution is 5.40. The molecule has 1 heterocycles. The zero-order valence-corrected chi connectivity index (χ0v) is 11.3. The van der Waals surface area contributed by atoms with E-state index in [0.717, 1.165) is 5.56 Å². The van der Waals surface area contributed by atoms with Crippen molar-refractivity contribution in [1.29, 1.82) is 0 Å². The lowest BCUT2D eigenvalue weighted by molar-refractivity contribution is 0.210. The molecule has 0 saturated heterocycles. The quantitative estimate of drug-likeness (QED) is 0.895. The minimum Gasteiger partial charge on any atom is -0.466 e. The Morgan fingerprint density at radius 1 is 1.00 bits per heavy atom. The molecule has 1 aromatic heterocycles. The Labute approximate surface area is 110 Å². The second-order valence-electron chi connectivity index (χ2n) is 4.76.